The fourth-order valence-electron chi connectivity index (χ4n) is 4.51. The lowest BCUT2D eigenvalue weighted by Gasteiger charge is -2.46. The maximum atomic E-state index is 11.2. The maximum Gasteiger partial charge on any atom is 0.247 e. The molecule has 3 N–H and O–H groups in total. The molecule has 0 radical (unpaired) electrons. The zero-order valence-electron chi connectivity index (χ0n) is 16.3. The average molecular weight is 448 g/mol. The second-order valence-electron chi connectivity index (χ2n) is 8.09. The molecule has 1 spiro atoms. The van der Waals surface area contributed by atoms with Crippen LogP contribution in [0, 0.1) is 0 Å². The molecular weight excluding hydrogens is 426 g/mol. The third-order valence-electron chi connectivity index (χ3n) is 5.78. The van der Waals surface area contributed by atoms with E-state index in [0.717, 1.165) is 28.1 Å². The molecule has 10 heteroatoms. The van der Waals surface area contributed by atoms with Crippen molar-refractivity contribution in [3.8, 4) is 0 Å². The summed E-state index contributed by atoms with van der Waals surface area (Å²) in [6, 6.07) is 5.29. The molecule has 3 aromatic rings. The van der Waals surface area contributed by atoms with Gasteiger partial charge in [0.05, 0.1) is 35.4 Å². The van der Waals surface area contributed by atoms with Crippen LogP contribution in [-0.4, -0.2) is 37.7 Å². The number of aromatic nitrogens is 4. The van der Waals surface area contributed by atoms with Gasteiger partial charge in [-0.3, -0.25) is 4.79 Å². The summed E-state index contributed by atoms with van der Waals surface area (Å²) in [5, 5.41) is 22.6. The Kier molecular flexibility index (Phi) is 5.03. The predicted molar refractivity (Wildman–Crippen MR) is 113 cm³/mol. The normalized spacial score (nSPS) is 28.6. The number of aliphatic hydroxyl groups is 1. The number of H-pyrrole nitrogens is 1. The zero-order valence-corrected chi connectivity index (χ0v) is 17.9. The number of nitrogens with one attached hydrogen (secondary N) is 2. The summed E-state index contributed by atoms with van der Waals surface area (Å²) in [4.78, 5) is 14.9. The Morgan fingerprint density at radius 1 is 1.43 bits per heavy atom. The highest BCUT2D eigenvalue weighted by molar-refractivity contribution is 7.16. The molecule has 0 unspecified atom stereocenters. The molecule has 4 atom stereocenters. The van der Waals surface area contributed by atoms with Crippen LogP contribution in [0.5, 0.6) is 0 Å². The van der Waals surface area contributed by atoms with Crippen LogP contribution in [0.15, 0.2) is 35.4 Å². The zero-order chi connectivity index (χ0) is 20.9. The van der Waals surface area contributed by atoms with E-state index in [1.807, 2.05) is 12.3 Å². The fraction of sp³-hybridized carbons (Fsp3) is 0.450. The van der Waals surface area contributed by atoms with Crippen molar-refractivity contribution in [1.29, 1.82) is 0 Å². The van der Waals surface area contributed by atoms with Gasteiger partial charge in [-0.1, -0.05) is 22.9 Å². The van der Waals surface area contributed by atoms with Crippen molar-refractivity contribution >= 4 is 22.9 Å². The van der Waals surface area contributed by atoms with Crippen LogP contribution in [0.25, 0.3) is 0 Å². The Balaban J connectivity index is 1.41. The molecule has 1 fully saturated rings. The molecule has 0 aromatic carbocycles. The van der Waals surface area contributed by atoms with Crippen LogP contribution < -0.4 is 10.9 Å². The number of aromatic amines is 1. The number of hydrogen-bond donors (Lipinski definition) is 3. The number of piperidine rings is 1. The van der Waals surface area contributed by atoms with Gasteiger partial charge in [-0.2, -0.15) is 0 Å². The largest absolute Gasteiger partial charge is 0.386 e. The van der Waals surface area contributed by atoms with Gasteiger partial charge in [0.25, 0.3) is 0 Å². The van der Waals surface area contributed by atoms with Crippen molar-refractivity contribution in [2.45, 2.75) is 50.1 Å². The van der Waals surface area contributed by atoms with E-state index >= 15 is 0 Å². The summed E-state index contributed by atoms with van der Waals surface area (Å²) in [5.74, 6) is 0. The van der Waals surface area contributed by atoms with E-state index in [4.69, 9.17) is 16.3 Å². The van der Waals surface area contributed by atoms with Gasteiger partial charge in [0.2, 0.25) is 5.56 Å². The van der Waals surface area contributed by atoms with Crippen molar-refractivity contribution < 1.29 is 9.84 Å². The summed E-state index contributed by atoms with van der Waals surface area (Å²) < 4.78 is 8.69. The lowest BCUT2D eigenvalue weighted by Crippen LogP contribution is -2.50. The topological polar surface area (TPSA) is 105 Å². The van der Waals surface area contributed by atoms with Crippen LogP contribution in [-0.2, 0) is 16.9 Å². The van der Waals surface area contributed by atoms with E-state index in [1.165, 1.54) is 17.4 Å². The highest BCUT2D eigenvalue weighted by Crippen LogP contribution is 2.51. The van der Waals surface area contributed by atoms with E-state index < -0.39 is 11.7 Å². The molecule has 8 nitrogen and oxygen atoms in total. The maximum absolute atomic E-state index is 11.2. The third-order valence-corrected chi connectivity index (χ3v) is 7.25. The van der Waals surface area contributed by atoms with Crippen LogP contribution >= 0.6 is 22.9 Å². The molecule has 2 aliphatic heterocycles. The Morgan fingerprint density at radius 2 is 2.30 bits per heavy atom. The SMILES string of the molecule is C[C@H]1C[C@@]2(C[C@@H](c3cn(Cc4ccc(=O)[nH]c4)nn3)N1)OC[C@@H](O)c1cc(Cl)sc12. The van der Waals surface area contributed by atoms with Gasteiger partial charge in [0.1, 0.15) is 11.7 Å². The number of thiophene rings is 1. The van der Waals surface area contributed by atoms with Gasteiger partial charge < -0.3 is 20.1 Å². The number of ether oxygens (including phenoxy) is 1. The second-order valence-corrected chi connectivity index (χ2v) is 9.77. The Hall–Kier alpha value is -2.04. The fourth-order valence-corrected chi connectivity index (χ4v) is 5.97. The van der Waals surface area contributed by atoms with E-state index in [1.54, 1.807) is 16.9 Å². The number of hydrogen-bond acceptors (Lipinski definition) is 7. The highest BCUT2D eigenvalue weighted by atomic mass is 35.5. The molecule has 1 saturated heterocycles. The first kappa shape index (κ1) is 19.9. The molecule has 3 aromatic heterocycles. The standard InChI is InChI=1S/C20H22ClN5O3S/c1-11-5-20(19-13(4-17(21)30-19)16(27)10-29-20)6-14(23-11)15-9-26(25-24-15)8-12-2-3-18(28)22-7-12/h2-4,7,9,11,14,16,23,27H,5-6,8,10H2,1H3,(H,22,28)/t11-,14-,16+,20-/m0/s1. The van der Waals surface area contributed by atoms with Crippen LogP contribution in [0.1, 0.15) is 53.6 Å². The van der Waals surface area contributed by atoms with E-state index in [-0.39, 0.29) is 24.2 Å². The molecule has 158 valence electrons. The highest BCUT2D eigenvalue weighted by Gasteiger charge is 2.48. The lowest BCUT2D eigenvalue weighted by atomic mass is 9.79. The Bertz CT molecular complexity index is 1110. The Labute approximate surface area is 181 Å². The molecule has 2 aliphatic rings. The van der Waals surface area contributed by atoms with Crippen molar-refractivity contribution in [3.63, 3.8) is 0 Å². The van der Waals surface area contributed by atoms with Crippen molar-refractivity contribution in [3.05, 3.63) is 67.0 Å². The van der Waals surface area contributed by atoms with Gasteiger partial charge in [-0.25, -0.2) is 4.68 Å². The van der Waals surface area contributed by atoms with Gasteiger partial charge in [0.15, 0.2) is 0 Å². The van der Waals surface area contributed by atoms with Crippen molar-refractivity contribution in [1.82, 2.24) is 25.3 Å². The lowest BCUT2D eigenvalue weighted by molar-refractivity contribution is -0.129. The van der Waals surface area contributed by atoms with E-state index in [0.29, 0.717) is 17.3 Å². The minimum Gasteiger partial charge on any atom is -0.386 e. The third kappa shape index (κ3) is 3.61. The number of halogens is 1. The summed E-state index contributed by atoms with van der Waals surface area (Å²) in [6.45, 7) is 2.91. The molecule has 30 heavy (non-hydrogen) atoms. The van der Waals surface area contributed by atoms with Crippen molar-refractivity contribution in [2.75, 3.05) is 6.61 Å². The number of aliphatic hydroxyl groups excluding tert-OH is 1. The van der Waals surface area contributed by atoms with E-state index in [2.05, 4.69) is 27.5 Å². The molecule has 0 saturated carbocycles. The van der Waals surface area contributed by atoms with Crippen LogP contribution in [0.4, 0.5) is 0 Å². The van der Waals surface area contributed by atoms with Gasteiger partial charge in [-0.15, -0.1) is 16.4 Å². The molecule has 0 bridgehead atoms. The van der Waals surface area contributed by atoms with Crippen LogP contribution in [0.3, 0.4) is 0 Å². The number of pyridine rings is 1. The van der Waals surface area contributed by atoms with Crippen LogP contribution in [0.2, 0.25) is 4.34 Å². The summed E-state index contributed by atoms with van der Waals surface area (Å²) >= 11 is 7.78. The molecule has 0 amide bonds. The number of fused-ring (bicyclic) bond motifs is 2. The first-order chi connectivity index (χ1) is 14.4. The summed E-state index contributed by atoms with van der Waals surface area (Å²) in [7, 11) is 0. The molecular formula is C20H22ClN5O3S. The summed E-state index contributed by atoms with van der Waals surface area (Å²) in [6.07, 6.45) is 4.45. The quantitative estimate of drug-likeness (QED) is 0.569. The molecule has 0 aliphatic carbocycles. The summed E-state index contributed by atoms with van der Waals surface area (Å²) in [5.41, 5.74) is 2.03. The van der Waals surface area contributed by atoms with Gasteiger partial charge in [-0.05, 0) is 25.0 Å². The van der Waals surface area contributed by atoms with Crippen molar-refractivity contribution in [2.24, 2.45) is 0 Å². The smallest absolute Gasteiger partial charge is 0.247 e. The minimum absolute atomic E-state index is 0.0398. The number of nitrogens with zero attached hydrogens (tertiary/aromatic N) is 3. The van der Waals surface area contributed by atoms with Gasteiger partial charge >= 0.3 is 0 Å². The first-order valence-electron chi connectivity index (χ1n) is 9.87. The first-order valence-corrected chi connectivity index (χ1v) is 11.1. The average Bonchev–Trinajstić information content (AvgIpc) is 3.34. The number of rotatable bonds is 3. The van der Waals surface area contributed by atoms with Gasteiger partial charge in [0, 0.05) is 35.2 Å². The van der Waals surface area contributed by atoms with E-state index in [9.17, 15) is 9.90 Å². The second kappa shape index (κ2) is 7.58. The monoisotopic (exact) mass is 447 g/mol. The molecule has 5 heterocycles. The molecule has 5 rings (SSSR count). The Morgan fingerprint density at radius 3 is 3.10 bits per heavy atom. The predicted octanol–water partition coefficient (Wildman–Crippen LogP) is 2.50. The minimum atomic E-state index is -0.642.